The number of unbranched alkanes of at least 4 members (excludes halogenated alkanes) is 1. The second kappa shape index (κ2) is 11.2. The minimum absolute atomic E-state index is 0.0919. The molecule has 168 valence electrons. The van der Waals surface area contributed by atoms with Crippen molar-refractivity contribution in [3.63, 3.8) is 0 Å². The first-order chi connectivity index (χ1) is 14.8. The molecule has 0 spiro atoms. The van der Waals surface area contributed by atoms with Crippen molar-refractivity contribution in [1.82, 2.24) is 10.9 Å². The van der Waals surface area contributed by atoms with E-state index in [2.05, 4.69) is 22.5 Å². The van der Waals surface area contributed by atoms with Crippen molar-refractivity contribution in [3.8, 4) is 11.5 Å². The van der Waals surface area contributed by atoms with Gasteiger partial charge in [0.15, 0.2) is 11.5 Å². The van der Waals surface area contributed by atoms with Gasteiger partial charge in [0, 0.05) is 16.8 Å². The SMILES string of the molecule is CCCCOc1ccc(C(=O)NNC(=O)c2cccc(NS(=O)(=O)CC)c2)cc1OC. The fourth-order valence-corrected chi connectivity index (χ4v) is 3.12. The van der Waals surface area contributed by atoms with E-state index in [-0.39, 0.29) is 22.6 Å². The van der Waals surface area contributed by atoms with Crippen molar-refractivity contribution in [2.75, 3.05) is 24.2 Å². The Morgan fingerprint density at radius 3 is 2.23 bits per heavy atom. The Morgan fingerprint density at radius 1 is 0.935 bits per heavy atom. The van der Waals surface area contributed by atoms with Crippen LogP contribution in [0.3, 0.4) is 0 Å². The number of ether oxygens (including phenoxy) is 2. The number of amides is 2. The minimum Gasteiger partial charge on any atom is -0.493 e. The van der Waals surface area contributed by atoms with Crippen LogP contribution in [-0.4, -0.2) is 39.7 Å². The standard InChI is InChI=1S/C21H27N3O6S/c1-4-6-12-30-18-11-10-16(14-19(18)29-3)21(26)23-22-20(25)15-8-7-9-17(13-15)24-31(27,28)5-2/h7-11,13-14,24H,4-6,12H2,1-3H3,(H,22,25)(H,23,26). The molecule has 0 heterocycles. The van der Waals surface area contributed by atoms with Gasteiger partial charge in [0.1, 0.15) is 0 Å². The smallest absolute Gasteiger partial charge is 0.269 e. The molecule has 0 aromatic heterocycles. The lowest BCUT2D eigenvalue weighted by molar-refractivity contribution is 0.0846. The molecule has 0 fully saturated rings. The van der Waals surface area contributed by atoms with E-state index in [1.54, 1.807) is 12.1 Å². The fourth-order valence-electron chi connectivity index (χ4n) is 2.49. The maximum absolute atomic E-state index is 12.4. The molecule has 0 saturated heterocycles. The van der Waals surface area contributed by atoms with Gasteiger partial charge in [-0.15, -0.1) is 0 Å². The summed E-state index contributed by atoms with van der Waals surface area (Å²) in [7, 11) is -1.99. The number of hydrogen-bond acceptors (Lipinski definition) is 6. The lowest BCUT2D eigenvalue weighted by atomic mass is 10.2. The Balaban J connectivity index is 2.01. The third-order valence-electron chi connectivity index (χ3n) is 4.25. The molecular weight excluding hydrogens is 422 g/mol. The van der Waals surface area contributed by atoms with E-state index < -0.39 is 21.8 Å². The molecule has 2 aromatic rings. The van der Waals surface area contributed by atoms with E-state index >= 15 is 0 Å². The van der Waals surface area contributed by atoms with Crippen LogP contribution in [0.2, 0.25) is 0 Å². The van der Waals surface area contributed by atoms with Gasteiger partial charge >= 0.3 is 0 Å². The largest absolute Gasteiger partial charge is 0.493 e. The molecule has 2 amide bonds. The van der Waals surface area contributed by atoms with Crippen LogP contribution in [0.15, 0.2) is 42.5 Å². The monoisotopic (exact) mass is 449 g/mol. The van der Waals surface area contributed by atoms with E-state index in [9.17, 15) is 18.0 Å². The molecule has 0 aliphatic carbocycles. The van der Waals surface area contributed by atoms with Crippen molar-refractivity contribution in [3.05, 3.63) is 53.6 Å². The predicted octanol–water partition coefficient (Wildman–Crippen LogP) is 2.71. The molecule has 10 heteroatoms. The number of carbonyl (C=O) groups is 2. The Labute approximate surface area is 182 Å². The molecule has 3 N–H and O–H groups in total. The van der Waals surface area contributed by atoms with Crippen LogP contribution in [0.1, 0.15) is 47.4 Å². The highest BCUT2D eigenvalue weighted by atomic mass is 32.2. The number of methoxy groups -OCH3 is 1. The van der Waals surface area contributed by atoms with Crippen LogP contribution in [0.5, 0.6) is 11.5 Å². The van der Waals surface area contributed by atoms with Crippen molar-refractivity contribution in [1.29, 1.82) is 0 Å². The van der Waals surface area contributed by atoms with Crippen LogP contribution in [0.4, 0.5) is 5.69 Å². The molecule has 0 aliphatic rings. The van der Waals surface area contributed by atoms with Crippen molar-refractivity contribution in [2.45, 2.75) is 26.7 Å². The van der Waals surface area contributed by atoms with E-state index in [0.29, 0.717) is 18.1 Å². The zero-order valence-electron chi connectivity index (χ0n) is 17.7. The summed E-state index contributed by atoms with van der Waals surface area (Å²) >= 11 is 0. The van der Waals surface area contributed by atoms with Gasteiger partial charge in [-0.2, -0.15) is 0 Å². The number of sulfonamides is 1. The highest BCUT2D eigenvalue weighted by Crippen LogP contribution is 2.28. The minimum atomic E-state index is -3.47. The second-order valence-electron chi connectivity index (χ2n) is 6.56. The van der Waals surface area contributed by atoms with E-state index in [1.165, 1.54) is 44.4 Å². The summed E-state index contributed by atoms with van der Waals surface area (Å²) in [5.41, 5.74) is 5.33. The van der Waals surface area contributed by atoms with Gasteiger partial charge in [-0.3, -0.25) is 25.2 Å². The third kappa shape index (κ3) is 7.18. The van der Waals surface area contributed by atoms with Crippen molar-refractivity contribution >= 4 is 27.5 Å². The highest BCUT2D eigenvalue weighted by molar-refractivity contribution is 7.92. The van der Waals surface area contributed by atoms with Gasteiger partial charge in [-0.25, -0.2) is 8.42 Å². The van der Waals surface area contributed by atoms with Crippen molar-refractivity contribution in [2.24, 2.45) is 0 Å². The first-order valence-electron chi connectivity index (χ1n) is 9.81. The molecule has 0 saturated carbocycles. The predicted molar refractivity (Wildman–Crippen MR) is 118 cm³/mol. The Morgan fingerprint density at radius 2 is 1.61 bits per heavy atom. The number of hydrogen-bond donors (Lipinski definition) is 3. The first kappa shape index (κ1) is 24.0. The van der Waals surface area contributed by atoms with Gasteiger partial charge in [0.05, 0.1) is 19.5 Å². The van der Waals surface area contributed by atoms with Gasteiger partial charge in [-0.05, 0) is 49.7 Å². The summed E-state index contributed by atoms with van der Waals surface area (Å²) in [6.45, 7) is 4.11. The second-order valence-corrected chi connectivity index (χ2v) is 8.57. The van der Waals surface area contributed by atoms with Crippen LogP contribution in [-0.2, 0) is 10.0 Å². The average molecular weight is 450 g/mol. The number of anilines is 1. The van der Waals surface area contributed by atoms with Gasteiger partial charge in [0.2, 0.25) is 10.0 Å². The van der Waals surface area contributed by atoms with Crippen LogP contribution in [0, 0.1) is 0 Å². The van der Waals surface area contributed by atoms with Crippen LogP contribution >= 0.6 is 0 Å². The number of hydrazine groups is 1. The number of benzene rings is 2. The summed E-state index contributed by atoms with van der Waals surface area (Å²) in [5, 5.41) is 0. The maximum atomic E-state index is 12.4. The van der Waals surface area contributed by atoms with E-state index in [0.717, 1.165) is 12.8 Å². The number of carbonyl (C=O) groups excluding carboxylic acids is 2. The quantitative estimate of drug-likeness (QED) is 0.379. The molecule has 2 rings (SSSR count). The summed E-state index contributed by atoms with van der Waals surface area (Å²) < 4.78 is 36.7. The van der Waals surface area contributed by atoms with Crippen LogP contribution < -0.4 is 25.0 Å². The Kier molecular flexibility index (Phi) is 8.68. The van der Waals surface area contributed by atoms with Crippen LogP contribution in [0.25, 0.3) is 0 Å². The third-order valence-corrected chi connectivity index (χ3v) is 5.56. The fraction of sp³-hybridized carbons (Fsp3) is 0.333. The normalized spacial score (nSPS) is 10.8. The molecule has 0 aliphatic heterocycles. The topological polar surface area (TPSA) is 123 Å². The molecule has 0 atom stereocenters. The molecule has 9 nitrogen and oxygen atoms in total. The molecule has 0 radical (unpaired) electrons. The zero-order chi connectivity index (χ0) is 22.9. The zero-order valence-corrected chi connectivity index (χ0v) is 18.5. The Bertz CT molecular complexity index is 1020. The summed E-state index contributed by atoms with van der Waals surface area (Å²) in [5.74, 6) is -0.299. The molecule has 31 heavy (non-hydrogen) atoms. The lowest BCUT2D eigenvalue weighted by Gasteiger charge is -2.13. The van der Waals surface area contributed by atoms with E-state index in [1.807, 2.05) is 0 Å². The maximum Gasteiger partial charge on any atom is 0.269 e. The van der Waals surface area contributed by atoms with Gasteiger partial charge < -0.3 is 9.47 Å². The molecular formula is C21H27N3O6S. The van der Waals surface area contributed by atoms with Gasteiger partial charge in [-0.1, -0.05) is 19.4 Å². The molecule has 0 unspecified atom stereocenters. The number of nitrogens with one attached hydrogen (secondary N) is 3. The van der Waals surface area contributed by atoms with Crippen molar-refractivity contribution < 1.29 is 27.5 Å². The molecule has 0 bridgehead atoms. The Hall–Kier alpha value is -3.27. The van der Waals surface area contributed by atoms with E-state index in [4.69, 9.17) is 9.47 Å². The van der Waals surface area contributed by atoms with Gasteiger partial charge in [0.25, 0.3) is 11.8 Å². The summed E-state index contributed by atoms with van der Waals surface area (Å²) in [6, 6.07) is 10.6. The summed E-state index contributed by atoms with van der Waals surface area (Å²) in [6.07, 6.45) is 1.90. The number of rotatable bonds is 10. The average Bonchev–Trinajstić information content (AvgIpc) is 2.77. The highest BCUT2D eigenvalue weighted by Gasteiger charge is 2.14. The molecule has 2 aromatic carbocycles. The first-order valence-corrected chi connectivity index (χ1v) is 11.5. The lowest BCUT2D eigenvalue weighted by Crippen LogP contribution is -2.41. The summed E-state index contributed by atoms with van der Waals surface area (Å²) in [4.78, 5) is 24.7.